The van der Waals surface area contributed by atoms with Crippen LogP contribution in [0.25, 0.3) is 0 Å². The monoisotopic (exact) mass is 592 g/mol. The summed E-state index contributed by atoms with van der Waals surface area (Å²) in [7, 11) is 0. The van der Waals surface area contributed by atoms with E-state index in [-0.39, 0.29) is 22.3 Å². The molecule has 4 atom stereocenters. The molecular weight excluding hydrogens is 564 g/mol. The van der Waals surface area contributed by atoms with Gasteiger partial charge in [0.1, 0.15) is 12.7 Å². The molecule has 1 aliphatic rings. The maximum absolute atomic E-state index is 13.4. The Hall–Kier alpha value is -5.54. The Labute approximate surface area is 253 Å². The zero-order valence-electron chi connectivity index (χ0n) is 23.4. The normalized spacial score (nSPS) is 20.6. The lowest BCUT2D eigenvalue weighted by atomic mass is 9.94. The Balaban J connectivity index is 1.52. The molecule has 5 rings (SSSR count). The predicted molar refractivity (Wildman–Crippen MR) is 158 cm³/mol. The van der Waals surface area contributed by atoms with E-state index in [0.717, 1.165) is 0 Å². The van der Waals surface area contributed by atoms with Crippen molar-refractivity contribution in [2.45, 2.75) is 24.1 Å². The second-order valence-electron chi connectivity index (χ2n) is 9.75. The van der Waals surface area contributed by atoms with E-state index in [1.165, 1.54) is 30.3 Å². The van der Waals surface area contributed by atoms with Crippen molar-refractivity contribution >= 4 is 23.9 Å². The highest BCUT2D eigenvalue weighted by Gasteiger charge is 2.63. The summed E-state index contributed by atoms with van der Waals surface area (Å²) in [6.45, 7) is 3.41. The minimum Gasteiger partial charge on any atom is -0.459 e. The SMILES string of the molecule is C=CC1(OC(=O)c2ccccc2)C(OC(=O)c2ccccc2)[C@@H](COC(=O)c2ccccc2)O[C@H]1OC(=O)c1ccccc1. The van der Waals surface area contributed by atoms with E-state index in [1.54, 1.807) is 97.1 Å². The first-order valence-corrected chi connectivity index (χ1v) is 13.7. The van der Waals surface area contributed by atoms with Crippen LogP contribution in [0.5, 0.6) is 0 Å². The zero-order chi connectivity index (χ0) is 30.9. The van der Waals surface area contributed by atoms with Gasteiger partial charge in [0.25, 0.3) is 6.29 Å². The average molecular weight is 593 g/mol. The minimum absolute atomic E-state index is 0.175. The first kappa shape index (κ1) is 29.9. The molecule has 4 aromatic rings. The van der Waals surface area contributed by atoms with Gasteiger partial charge in [-0.1, -0.05) is 79.4 Å². The first-order valence-electron chi connectivity index (χ1n) is 13.7. The maximum Gasteiger partial charge on any atom is 0.340 e. The van der Waals surface area contributed by atoms with Crippen LogP contribution in [0.2, 0.25) is 0 Å². The van der Waals surface area contributed by atoms with Crippen LogP contribution in [0.4, 0.5) is 0 Å². The van der Waals surface area contributed by atoms with Gasteiger partial charge in [0.05, 0.1) is 22.3 Å². The molecule has 0 bridgehead atoms. The molecule has 0 amide bonds. The molecular formula is C35H28O9. The second-order valence-corrected chi connectivity index (χ2v) is 9.75. The Morgan fingerprint density at radius 1 is 0.614 bits per heavy atom. The van der Waals surface area contributed by atoms with Gasteiger partial charge >= 0.3 is 23.9 Å². The van der Waals surface area contributed by atoms with Crippen molar-refractivity contribution in [3.05, 3.63) is 156 Å². The molecule has 1 aliphatic heterocycles. The summed E-state index contributed by atoms with van der Waals surface area (Å²) in [6.07, 6.45) is -3.16. The van der Waals surface area contributed by atoms with Gasteiger partial charge in [-0.25, -0.2) is 19.2 Å². The summed E-state index contributed by atoms with van der Waals surface area (Å²) >= 11 is 0. The quantitative estimate of drug-likeness (QED) is 0.135. The summed E-state index contributed by atoms with van der Waals surface area (Å²) in [5.41, 5.74) is -1.20. The maximum atomic E-state index is 13.4. The third-order valence-corrected chi connectivity index (χ3v) is 6.90. The fourth-order valence-electron chi connectivity index (χ4n) is 4.64. The number of esters is 4. The molecule has 44 heavy (non-hydrogen) atoms. The lowest BCUT2D eigenvalue weighted by Gasteiger charge is -2.34. The number of hydrogen-bond donors (Lipinski definition) is 0. The van der Waals surface area contributed by atoms with Crippen LogP contribution in [0.1, 0.15) is 41.4 Å². The Morgan fingerprint density at radius 3 is 1.48 bits per heavy atom. The van der Waals surface area contributed by atoms with E-state index in [0.29, 0.717) is 0 Å². The van der Waals surface area contributed by atoms with E-state index < -0.39 is 54.6 Å². The molecule has 0 saturated carbocycles. The highest BCUT2D eigenvalue weighted by Crippen LogP contribution is 2.40. The third-order valence-electron chi connectivity index (χ3n) is 6.90. The molecule has 9 heteroatoms. The fraction of sp³-hybridized carbons (Fsp3) is 0.143. The van der Waals surface area contributed by atoms with Crippen molar-refractivity contribution in [3.63, 3.8) is 0 Å². The standard InChI is InChI=1S/C35H28O9/c1-2-35(44-33(39)27-21-13-6-14-22-27)29(42-31(37)25-17-9-4-10-18-25)28(23-40-30(36)24-15-7-3-8-16-24)41-34(35)43-32(38)26-19-11-5-12-20-26/h2-22,28-29,34H,1,23H2/t28-,29?,34+,35?/m1/s1. The van der Waals surface area contributed by atoms with Gasteiger partial charge in [0.15, 0.2) is 6.10 Å². The molecule has 222 valence electrons. The van der Waals surface area contributed by atoms with E-state index in [1.807, 2.05) is 0 Å². The predicted octanol–water partition coefficient (Wildman–Crippen LogP) is 5.43. The molecule has 1 saturated heterocycles. The van der Waals surface area contributed by atoms with Gasteiger partial charge in [-0.2, -0.15) is 0 Å². The second kappa shape index (κ2) is 13.6. The fourth-order valence-corrected chi connectivity index (χ4v) is 4.64. The average Bonchev–Trinajstić information content (AvgIpc) is 3.35. The van der Waals surface area contributed by atoms with Gasteiger partial charge in [-0.3, -0.25) is 0 Å². The molecule has 9 nitrogen and oxygen atoms in total. The number of rotatable bonds is 10. The lowest BCUT2D eigenvalue weighted by Crippen LogP contribution is -2.53. The summed E-state index contributed by atoms with van der Waals surface area (Å²) in [5, 5.41) is 0. The van der Waals surface area contributed by atoms with E-state index >= 15 is 0 Å². The first-order chi connectivity index (χ1) is 21.4. The summed E-state index contributed by atoms with van der Waals surface area (Å²) in [5.74, 6) is -3.07. The van der Waals surface area contributed by atoms with Gasteiger partial charge in [0, 0.05) is 0 Å². The van der Waals surface area contributed by atoms with Crippen LogP contribution < -0.4 is 0 Å². The van der Waals surface area contributed by atoms with Crippen molar-refractivity contribution < 1.29 is 42.9 Å². The molecule has 0 N–H and O–H groups in total. The summed E-state index contributed by atoms with van der Waals surface area (Å²) < 4.78 is 29.2. The van der Waals surface area contributed by atoms with Crippen molar-refractivity contribution in [2.24, 2.45) is 0 Å². The van der Waals surface area contributed by atoms with Crippen molar-refractivity contribution in [2.75, 3.05) is 6.61 Å². The van der Waals surface area contributed by atoms with Crippen LogP contribution >= 0.6 is 0 Å². The molecule has 1 heterocycles. The molecule has 0 aliphatic carbocycles. The van der Waals surface area contributed by atoms with Crippen LogP contribution in [0, 0.1) is 0 Å². The third kappa shape index (κ3) is 6.58. The van der Waals surface area contributed by atoms with Gasteiger partial charge in [-0.15, -0.1) is 0 Å². The van der Waals surface area contributed by atoms with Crippen LogP contribution in [0.3, 0.4) is 0 Å². The Morgan fingerprint density at radius 2 is 1.02 bits per heavy atom. The van der Waals surface area contributed by atoms with E-state index in [4.69, 9.17) is 23.7 Å². The molecule has 0 radical (unpaired) electrons. The number of benzene rings is 4. The van der Waals surface area contributed by atoms with Crippen LogP contribution in [-0.4, -0.2) is 54.6 Å². The number of hydrogen-bond acceptors (Lipinski definition) is 9. The largest absolute Gasteiger partial charge is 0.459 e. The Bertz CT molecular complexity index is 1610. The van der Waals surface area contributed by atoms with Crippen molar-refractivity contribution in [3.8, 4) is 0 Å². The lowest BCUT2D eigenvalue weighted by molar-refractivity contribution is -0.164. The van der Waals surface area contributed by atoms with Gasteiger partial charge in [0.2, 0.25) is 5.60 Å². The van der Waals surface area contributed by atoms with Crippen LogP contribution in [0.15, 0.2) is 134 Å². The minimum atomic E-state index is -2.05. The highest BCUT2D eigenvalue weighted by atomic mass is 16.8. The topological polar surface area (TPSA) is 114 Å². The van der Waals surface area contributed by atoms with Crippen molar-refractivity contribution in [1.29, 1.82) is 0 Å². The molecule has 0 aromatic heterocycles. The van der Waals surface area contributed by atoms with E-state index in [2.05, 4.69) is 6.58 Å². The molecule has 4 aromatic carbocycles. The van der Waals surface area contributed by atoms with Gasteiger partial charge in [-0.05, 0) is 54.6 Å². The zero-order valence-corrected chi connectivity index (χ0v) is 23.4. The van der Waals surface area contributed by atoms with Crippen molar-refractivity contribution in [1.82, 2.24) is 0 Å². The molecule has 1 fully saturated rings. The summed E-state index contributed by atoms with van der Waals surface area (Å²) in [6, 6.07) is 32.6. The van der Waals surface area contributed by atoms with Crippen LogP contribution in [-0.2, 0) is 23.7 Å². The number of ether oxygens (including phenoxy) is 5. The highest BCUT2D eigenvalue weighted by molar-refractivity contribution is 5.92. The molecule has 0 spiro atoms. The Kier molecular flexibility index (Phi) is 9.27. The van der Waals surface area contributed by atoms with E-state index in [9.17, 15) is 19.2 Å². The molecule has 2 unspecified atom stereocenters. The van der Waals surface area contributed by atoms with Gasteiger partial charge < -0.3 is 23.7 Å². The summed E-state index contributed by atoms with van der Waals surface area (Å²) in [4.78, 5) is 52.8. The smallest absolute Gasteiger partial charge is 0.340 e. The number of carbonyl (C=O) groups is 4. The number of carbonyl (C=O) groups excluding carboxylic acids is 4.